The van der Waals surface area contributed by atoms with Crippen molar-refractivity contribution >= 4 is 11.7 Å². The monoisotopic (exact) mass is 329 g/mol. The second kappa shape index (κ2) is 6.18. The SMILES string of the molecule is CNc1cc([C@H]2CCCN2C(=O)C(C)(C)n2cncn2)nc(C)n1. The van der Waals surface area contributed by atoms with Gasteiger partial charge in [0.2, 0.25) is 0 Å². The lowest BCUT2D eigenvalue weighted by molar-refractivity contribution is -0.140. The molecule has 1 saturated heterocycles. The van der Waals surface area contributed by atoms with Crippen LogP contribution in [0.25, 0.3) is 0 Å². The molecule has 2 aromatic rings. The number of hydrogen-bond donors (Lipinski definition) is 1. The zero-order valence-corrected chi connectivity index (χ0v) is 14.5. The van der Waals surface area contributed by atoms with Crippen LogP contribution in [0.2, 0.25) is 0 Å². The molecule has 1 aliphatic heterocycles. The van der Waals surface area contributed by atoms with Crippen LogP contribution in [-0.2, 0) is 10.3 Å². The molecule has 0 bridgehead atoms. The van der Waals surface area contributed by atoms with Gasteiger partial charge in [-0.2, -0.15) is 5.10 Å². The minimum atomic E-state index is -0.785. The average molecular weight is 329 g/mol. The molecule has 0 spiro atoms. The Hall–Kier alpha value is -2.51. The van der Waals surface area contributed by atoms with Crippen molar-refractivity contribution in [2.45, 2.75) is 45.2 Å². The molecule has 3 heterocycles. The highest BCUT2D eigenvalue weighted by atomic mass is 16.2. The van der Waals surface area contributed by atoms with Crippen LogP contribution in [0.3, 0.4) is 0 Å². The van der Waals surface area contributed by atoms with Gasteiger partial charge in [0.1, 0.15) is 29.8 Å². The van der Waals surface area contributed by atoms with Crippen molar-refractivity contribution < 1.29 is 4.79 Å². The van der Waals surface area contributed by atoms with E-state index >= 15 is 0 Å². The van der Waals surface area contributed by atoms with Crippen molar-refractivity contribution in [3.05, 3.63) is 30.2 Å². The second-order valence-electron chi connectivity index (χ2n) is 6.53. The Labute approximate surface area is 141 Å². The summed E-state index contributed by atoms with van der Waals surface area (Å²) in [6, 6.07) is 1.89. The molecular weight excluding hydrogens is 306 g/mol. The quantitative estimate of drug-likeness (QED) is 0.915. The predicted molar refractivity (Wildman–Crippen MR) is 89.3 cm³/mol. The molecule has 1 N–H and O–H groups in total. The Bertz CT molecular complexity index is 726. The van der Waals surface area contributed by atoms with E-state index in [9.17, 15) is 4.79 Å². The molecule has 24 heavy (non-hydrogen) atoms. The number of amides is 1. The molecule has 2 aromatic heterocycles. The molecule has 8 nitrogen and oxygen atoms in total. The lowest BCUT2D eigenvalue weighted by Gasteiger charge is -2.33. The van der Waals surface area contributed by atoms with E-state index in [1.54, 1.807) is 11.0 Å². The molecule has 1 fully saturated rings. The van der Waals surface area contributed by atoms with Crippen molar-refractivity contribution in [2.24, 2.45) is 0 Å². The van der Waals surface area contributed by atoms with Crippen LogP contribution in [0.15, 0.2) is 18.7 Å². The van der Waals surface area contributed by atoms with Gasteiger partial charge in [-0.25, -0.2) is 19.6 Å². The molecule has 3 rings (SSSR count). The Morgan fingerprint density at radius 3 is 2.83 bits per heavy atom. The Morgan fingerprint density at radius 2 is 2.17 bits per heavy atom. The zero-order chi connectivity index (χ0) is 17.3. The normalized spacial score (nSPS) is 18.0. The molecule has 0 radical (unpaired) electrons. The summed E-state index contributed by atoms with van der Waals surface area (Å²) in [6.07, 6.45) is 4.89. The summed E-state index contributed by atoms with van der Waals surface area (Å²) in [4.78, 5) is 27.9. The molecule has 0 unspecified atom stereocenters. The van der Waals surface area contributed by atoms with Crippen LogP contribution in [-0.4, -0.2) is 49.1 Å². The molecule has 128 valence electrons. The van der Waals surface area contributed by atoms with E-state index < -0.39 is 5.54 Å². The highest BCUT2D eigenvalue weighted by Gasteiger charge is 2.40. The number of nitrogens with zero attached hydrogens (tertiary/aromatic N) is 6. The highest BCUT2D eigenvalue weighted by Crippen LogP contribution is 2.34. The van der Waals surface area contributed by atoms with Crippen molar-refractivity contribution in [1.29, 1.82) is 0 Å². The third-order valence-corrected chi connectivity index (χ3v) is 4.48. The summed E-state index contributed by atoms with van der Waals surface area (Å²) in [5, 5.41) is 7.19. The Balaban J connectivity index is 1.91. The van der Waals surface area contributed by atoms with Crippen LogP contribution in [0.4, 0.5) is 5.82 Å². The first-order valence-electron chi connectivity index (χ1n) is 8.13. The molecule has 0 aliphatic carbocycles. The van der Waals surface area contributed by atoms with Crippen LogP contribution in [0, 0.1) is 6.92 Å². The fourth-order valence-corrected chi connectivity index (χ4v) is 3.15. The average Bonchev–Trinajstić information content (AvgIpc) is 3.24. The fourth-order valence-electron chi connectivity index (χ4n) is 3.15. The van der Waals surface area contributed by atoms with Crippen molar-refractivity contribution in [3.8, 4) is 0 Å². The van der Waals surface area contributed by atoms with Gasteiger partial charge in [0.15, 0.2) is 0 Å². The van der Waals surface area contributed by atoms with Gasteiger partial charge in [-0.1, -0.05) is 0 Å². The maximum Gasteiger partial charge on any atom is 0.250 e. The first-order valence-corrected chi connectivity index (χ1v) is 8.13. The summed E-state index contributed by atoms with van der Waals surface area (Å²) in [7, 11) is 1.83. The minimum Gasteiger partial charge on any atom is -0.373 e. The van der Waals surface area contributed by atoms with Crippen LogP contribution < -0.4 is 5.32 Å². The van der Waals surface area contributed by atoms with Gasteiger partial charge in [0.25, 0.3) is 5.91 Å². The number of likely N-dealkylation sites (tertiary alicyclic amines) is 1. The number of nitrogens with one attached hydrogen (secondary N) is 1. The second-order valence-corrected chi connectivity index (χ2v) is 6.53. The topological polar surface area (TPSA) is 88.8 Å². The van der Waals surface area contributed by atoms with Crippen molar-refractivity contribution in [1.82, 2.24) is 29.6 Å². The molecule has 8 heteroatoms. The van der Waals surface area contributed by atoms with E-state index in [0.29, 0.717) is 5.82 Å². The first-order chi connectivity index (χ1) is 11.4. The van der Waals surface area contributed by atoms with Gasteiger partial charge in [-0.3, -0.25) is 4.79 Å². The number of hydrogen-bond acceptors (Lipinski definition) is 6. The van der Waals surface area contributed by atoms with Gasteiger partial charge in [0.05, 0.1) is 11.7 Å². The Kier molecular flexibility index (Phi) is 4.21. The van der Waals surface area contributed by atoms with E-state index in [0.717, 1.165) is 30.9 Å². The number of rotatable bonds is 4. The van der Waals surface area contributed by atoms with Crippen LogP contribution in [0.5, 0.6) is 0 Å². The first kappa shape index (κ1) is 16.4. The smallest absolute Gasteiger partial charge is 0.250 e. The van der Waals surface area contributed by atoms with Gasteiger partial charge >= 0.3 is 0 Å². The fraction of sp³-hybridized carbons (Fsp3) is 0.562. The molecular formula is C16H23N7O. The highest BCUT2D eigenvalue weighted by molar-refractivity contribution is 5.84. The van der Waals surface area contributed by atoms with E-state index in [-0.39, 0.29) is 11.9 Å². The number of aryl methyl sites for hydroxylation is 1. The van der Waals surface area contributed by atoms with E-state index in [4.69, 9.17) is 0 Å². The summed E-state index contributed by atoms with van der Waals surface area (Å²) in [5.74, 6) is 1.50. The summed E-state index contributed by atoms with van der Waals surface area (Å²) >= 11 is 0. The van der Waals surface area contributed by atoms with Crippen molar-refractivity contribution in [3.63, 3.8) is 0 Å². The van der Waals surface area contributed by atoms with Gasteiger partial charge < -0.3 is 10.2 Å². The summed E-state index contributed by atoms with van der Waals surface area (Å²) in [6.45, 7) is 6.32. The predicted octanol–water partition coefficient (Wildman–Crippen LogP) is 1.52. The number of anilines is 1. The molecule has 0 saturated carbocycles. The van der Waals surface area contributed by atoms with E-state index in [2.05, 4.69) is 25.4 Å². The number of carbonyl (C=O) groups is 1. The zero-order valence-electron chi connectivity index (χ0n) is 14.5. The van der Waals surface area contributed by atoms with Gasteiger partial charge in [-0.15, -0.1) is 0 Å². The molecule has 1 aliphatic rings. The minimum absolute atomic E-state index is 0.0257. The largest absolute Gasteiger partial charge is 0.373 e. The lowest BCUT2D eigenvalue weighted by Crippen LogP contribution is -2.47. The summed E-state index contributed by atoms with van der Waals surface area (Å²) < 4.78 is 1.61. The van der Waals surface area contributed by atoms with Gasteiger partial charge in [-0.05, 0) is 33.6 Å². The Morgan fingerprint density at radius 1 is 1.38 bits per heavy atom. The molecule has 1 atom stereocenters. The van der Waals surface area contributed by atoms with E-state index in [1.165, 1.54) is 6.33 Å². The molecule has 0 aromatic carbocycles. The lowest BCUT2D eigenvalue weighted by atomic mass is 10.0. The standard InChI is InChI=1S/C16H23N7O/c1-11-20-12(8-14(17-4)21-11)13-6-5-7-22(13)15(24)16(2,3)23-10-18-9-19-23/h8-10,13H,5-7H2,1-4H3,(H,17,20,21)/t13-/m1/s1. The number of aromatic nitrogens is 5. The van der Waals surface area contributed by atoms with Gasteiger partial charge in [0, 0.05) is 19.7 Å². The maximum atomic E-state index is 13.2. The third kappa shape index (κ3) is 2.83. The molecule has 1 amide bonds. The third-order valence-electron chi connectivity index (χ3n) is 4.48. The summed E-state index contributed by atoms with van der Waals surface area (Å²) in [5.41, 5.74) is 0.0968. The van der Waals surface area contributed by atoms with Crippen LogP contribution in [0.1, 0.15) is 44.2 Å². The van der Waals surface area contributed by atoms with Crippen LogP contribution >= 0.6 is 0 Å². The van der Waals surface area contributed by atoms with Crippen molar-refractivity contribution in [2.75, 3.05) is 18.9 Å². The van der Waals surface area contributed by atoms with E-state index in [1.807, 2.05) is 38.8 Å². The number of carbonyl (C=O) groups excluding carboxylic acids is 1. The maximum absolute atomic E-state index is 13.2.